The molecule has 3 rings (SSSR count). The third-order valence-corrected chi connectivity index (χ3v) is 3.50. The van der Waals surface area contributed by atoms with Crippen LogP contribution in [-0.2, 0) is 0 Å². The lowest BCUT2D eigenvalue weighted by atomic mass is 10.1. The number of anilines is 2. The van der Waals surface area contributed by atoms with Crippen LogP contribution in [0.4, 0.5) is 16.2 Å². The fourth-order valence-electron chi connectivity index (χ4n) is 2.36. The van der Waals surface area contributed by atoms with Crippen molar-refractivity contribution in [3.63, 3.8) is 0 Å². The van der Waals surface area contributed by atoms with E-state index >= 15 is 0 Å². The van der Waals surface area contributed by atoms with E-state index in [1.165, 1.54) is 6.92 Å². The highest BCUT2D eigenvalue weighted by molar-refractivity contribution is 6.04. The minimum atomic E-state index is -0.239. The van der Waals surface area contributed by atoms with E-state index in [1.807, 2.05) is 30.3 Å². The van der Waals surface area contributed by atoms with Gasteiger partial charge in [-0.05, 0) is 37.3 Å². The van der Waals surface area contributed by atoms with Crippen LogP contribution in [-0.4, -0.2) is 25.0 Å². The van der Waals surface area contributed by atoms with Gasteiger partial charge in [0.15, 0.2) is 5.78 Å². The van der Waals surface area contributed by atoms with Crippen molar-refractivity contribution < 1.29 is 14.3 Å². The van der Waals surface area contributed by atoms with Crippen LogP contribution in [0.3, 0.4) is 0 Å². The summed E-state index contributed by atoms with van der Waals surface area (Å²) in [4.78, 5) is 25.6. The first-order valence-electron chi connectivity index (χ1n) is 7.06. The number of hydrogen-bond donors (Lipinski definition) is 1. The number of nitrogens with one attached hydrogen (secondary N) is 1. The molecule has 0 aromatic heterocycles. The number of Topliss-reactive ketones (excluding diaryl/α,β-unsaturated/α-hetero) is 1. The number of benzene rings is 2. The molecule has 5 nitrogen and oxygen atoms in total. The minimum absolute atomic E-state index is 0.0446. The van der Waals surface area contributed by atoms with Crippen molar-refractivity contribution in [1.29, 1.82) is 0 Å². The maximum absolute atomic E-state index is 12.5. The van der Waals surface area contributed by atoms with Crippen molar-refractivity contribution in [3.05, 3.63) is 54.1 Å². The average molecular weight is 296 g/mol. The van der Waals surface area contributed by atoms with Crippen molar-refractivity contribution in [2.45, 2.75) is 6.92 Å². The van der Waals surface area contributed by atoms with Gasteiger partial charge >= 0.3 is 6.03 Å². The van der Waals surface area contributed by atoms with E-state index in [0.717, 1.165) is 5.69 Å². The maximum Gasteiger partial charge on any atom is 0.326 e. The Morgan fingerprint density at radius 1 is 1.14 bits per heavy atom. The highest BCUT2D eigenvalue weighted by Crippen LogP contribution is 2.33. The summed E-state index contributed by atoms with van der Waals surface area (Å²) in [6.07, 6.45) is 0. The van der Waals surface area contributed by atoms with Crippen molar-refractivity contribution in [3.8, 4) is 5.75 Å². The number of carbonyl (C=O) groups excluding carboxylic acids is 2. The van der Waals surface area contributed by atoms with E-state index in [9.17, 15) is 9.59 Å². The summed E-state index contributed by atoms with van der Waals surface area (Å²) < 4.78 is 5.56. The van der Waals surface area contributed by atoms with E-state index in [2.05, 4.69) is 5.32 Å². The van der Waals surface area contributed by atoms with Crippen LogP contribution in [0.2, 0.25) is 0 Å². The van der Waals surface area contributed by atoms with Gasteiger partial charge < -0.3 is 10.1 Å². The molecule has 2 aromatic rings. The first kappa shape index (κ1) is 14.1. The van der Waals surface area contributed by atoms with Gasteiger partial charge in [-0.2, -0.15) is 0 Å². The second-order valence-corrected chi connectivity index (χ2v) is 5.03. The number of ketones is 1. The fourth-order valence-corrected chi connectivity index (χ4v) is 2.36. The number of fused-ring (bicyclic) bond motifs is 1. The Bertz CT molecular complexity index is 713. The lowest BCUT2D eigenvalue weighted by Crippen LogP contribution is -2.40. The monoisotopic (exact) mass is 296 g/mol. The molecule has 1 heterocycles. The molecule has 0 unspecified atom stereocenters. The molecule has 0 spiro atoms. The first-order valence-corrected chi connectivity index (χ1v) is 7.06. The molecule has 1 aliphatic rings. The number of nitrogens with zero attached hydrogens (tertiary/aromatic N) is 1. The first-order chi connectivity index (χ1) is 10.6. The van der Waals surface area contributed by atoms with E-state index < -0.39 is 0 Å². The zero-order chi connectivity index (χ0) is 15.5. The largest absolute Gasteiger partial charge is 0.490 e. The lowest BCUT2D eigenvalue weighted by molar-refractivity contribution is 0.101. The zero-order valence-electron chi connectivity index (χ0n) is 12.2. The van der Waals surface area contributed by atoms with Crippen LogP contribution < -0.4 is 15.0 Å². The second-order valence-electron chi connectivity index (χ2n) is 5.03. The van der Waals surface area contributed by atoms with Gasteiger partial charge in [0, 0.05) is 11.3 Å². The van der Waals surface area contributed by atoms with E-state index in [-0.39, 0.29) is 11.8 Å². The van der Waals surface area contributed by atoms with Crippen molar-refractivity contribution in [1.82, 2.24) is 0 Å². The fraction of sp³-hybridized carbons (Fsp3) is 0.176. The molecule has 0 radical (unpaired) electrons. The molecule has 2 amide bonds. The summed E-state index contributed by atoms with van der Waals surface area (Å²) in [5.41, 5.74) is 1.90. The summed E-state index contributed by atoms with van der Waals surface area (Å²) in [6, 6.07) is 14.1. The van der Waals surface area contributed by atoms with Crippen molar-refractivity contribution in [2.24, 2.45) is 0 Å². The maximum atomic E-state index is 12.5. The number of amides is 2. The molecule has 0 saturated carbocycles. The minimum Gasteiger partial charge on any atom is -0.490 e. The molecule has 5 heteroatoms. The Morgan fingerprint density at radius 2 is 1.91 bits per heavy atom. The Balaban J connectivity index is 1.88. The smallest absolute Gasteiger partial charge is 0.326 e. The molecule has 0 saturated heterocycles. The molecule has 0 atom stereocenters. The molecule has 1 aliphatic heterocycles. The standard InChI is InChI=1S/C17H16N2O3/c1-12(20)13-7-8-16-15(11-13)19(9-10-22-16)17(21)18-14-5-3-2-4-6-14/h2-8,11H,9-10H2,1H3,(H,18,21). The summed E-state index contributed by atoms with van der Waals surface area (Å²) in [5.74, 6) is 0.566. The lowest BCUT2D eigenvalue weighted by Gasteiger charge is -2.30. The summed E-state index contributed by atoms with van der Waals surface area (Å²) in [6.45, 7) is 2.36. The molecule has 112 valence electrons. The van der Waals surface area contributed by atoms with Gasteiger partial charge in [-0.1, -0.05) is 18.2 Å². The van der Waals surface area contributed by atoms with Crippen LogP contribution in [0.1, 0.15) is 17.3 Å². The van der Waals surface area contributed by atoms with Gasteiger partial charge in [-0.25, -0.2) is 4.79 Å². The number of rotatable bonds is 2. The number of para-hydroxylation sites is 1. The van der Waals surface area contributed by atoms with E-state index in [0.29, 0.717) is 30.2 Å². The van der Waals surface area contributed by atoms with Crippen LogP contribution in [0.15, 0.2) is 48.5 Å². The van der Waals surface area contributed by atoms with Crippen LogP contribution in [0, 0.1) is 0 Å². The molecular weight excluding hydrogens is 280 g/mol. The predicted molar refractivity (Wildman–Crippen MR) is 84.7 cm³/mol. The van der Waals surface area contributed by atoms with Gasteiger partial charge in [0.25, 0.3) is 0 Å². The molecule has 1 N–H and O–H groups in total. The average Bonchev–Trinajstić information content (AvgIpc) is 2.54. The van der Waals surface area contributed by atoms with Crippen molar-refractivity contribution >= 4 is 23.2 Å². The van der Waals surface area contributed by atoms with Gasteiger partial charge in [0.05, 0.1) is 12.2 Å². The molecular formula is C17H16N2O3. The highest BCUT2D eigenvalue weighted by atomic mass is 16.5. The SMILES string of the molecule is CC(=O)c1ccc2c(c1)N(C(=O)Nc1ccccc1)CCO2. The summed E-state index contributed by atoms with van der Waals surface area (Å²) >= 11 is 0. The Hall–Kier alpha value is -2.82. The Morgan fingerprint density at radius 3 is 2.64 bits per heavy atom. The highest BCUT2D eigenvalue weighted by Gasteiger charge is 2.24. The second kappa shape index (κ2) is 5.89. The quantitative estimate of drug-likeness (QED) is 0.865. The van der Waals surface area contributed by atoms with Crippen LogP contribution in [0.5, 0.6) is 5.75 Å². The van der Waals surface area contributed by atoms with Crippen LogP contribution in [0.25, 0.3) is 0 Å². The number of ether oxygens (including phenoxy) is 1. The molecule has 22 heavy (non-hydrogen) atoms. The third kappa shape index (κ3) is 2.79. The van der Waals surface area contributed by atoms with E-state index in [4.69, 9.17) is 4.74 Å². The number of urea groups is 1. The number of carbonyl (C=O) groups is 2. The van der Waals surface area contributed by atoms with Gasteiger partial charge in [0.1, 0.15) is 12.4 Å². The topological polar surface area (TPSA) is 58.6 Å². The van der Waals surface area contributed by atoms with Gasteiger partial charge in [0.2, 0.25) is 0 Å². The Labute approximate surface area is 128 Å². The normalized spacial score (nSPS) is 13.0. The molecule has 2 aromatic carbocycles. The van der Waals surface area contributed by atoms with Crippen molar-refractivity contribution in [2.75, 3.05) is 23.4 Å². The third-order valence-electron chi connectivity index (χ3n) is 3.50. The molecule has 0 fully saturated rings. The molecule has 0 aliphatic carbocycles. The zero-order valence-corrected chi connectivity index (χ0v) is 12.2. The number of hydrogen-bond acceptors (Lipinski definition) is 3. The van der Waals surface area contributed by atoms with Gasteiger partial charge in [-0.3, -0.25) is 9.69 Å². The summed E-state index contributed by atoms with van der Waals surface area (Å²) in [5, 5.41) is 2.85. The van der Waals surface area contributed by atoms with Gasteiger partial charge in [-0.15, -0.1) is 0 Å². The van der Waals surface area contributed by atoms with Crippen LogP contribution >= 0.6 is 0 Å². The Kier molecular flexibility index (Phi) is 3.78. The summed E-state index contributed by atoms with van der Waals surface area (Å²) in [7, 11) is 0. The predicted octanol–water partition coefficient (Wildman–Crippen LogP) is 3.32. The molecule has 0 bridgehead atoms. The van der Waals surface area contributed by atoms with E-state index in [1.54, 1.807) is 23.1 Å².